The number of carbonyl (C=O) groups is 1. The largest absolute Gasteiger partial charge is 0.457 e. The molecule has 0 unspecified atom stereocenters. The van der Waals surface area contributed by atoms with E-state index in [4.69, 9.17) is 10.00 Å². The van der Waals surface area contributed by atoms with Gasteiger partial charge in [-0.15, -0.1) is 10.2 Å². The smallest absolute Gasteiger partial charge is 0.234 e. The number of hydrogen-bond donors (Lipinski definition) is 1. The molecular formula is C27H25N5O2S. The minimum atomic E-state index is -0.123. The molecule has 4 aromatic rings. The third kappa shape index (κ3) is 5.70. The van der Waals surface area contributed by atoms with E-state index in [1.807, 2.05) is 61.7 Å². The topological polar surface area (TPSA) is 92.8 Å². The SMILES string of the molecule is CCn1c(SCC(=O)Nc2ccc(Oc3ccc(C#N)cc3)cc2C)nnc1-c1ccccc1C. The van der Waals surface area contributed by atoms with Gasteiger partial charge in [-0.1, -0.05) is 36.0 Å². The number of hydrogen-bond acceptors (Lipinski definition) is 6. The molecule has 1 amide bonds. The van der Waals surface area contributed by atoms with E-state index < -0.39 is 0 Å². The van der Waals surface area contributed by atoms with Crippen LogP contribution in [0.1, 0.15) is 23.6 Å². The molecule has 0 saturated carbocycles. The van der Waals surface area contributed by atoms with Crippen molar-refractivity contribution < 1.29 is 9.53 Å². The van der Waals surface area contributed by atoms with Gasteiger partial charge in [0, 0.05) is 17.8 Å². The van der Waals surface area contributed by atoms with Gasteiger partial charge in [0.2, 0.25) is 5.91 Å². The van der Waals surface area contributed by atoms with Crippen LogP contribution in [0.4, 0.5) is 5.69 Å². The standard InChI is InChI=1S/C27H25N5O2S/c1-4-32-26(23-8-6-5-7-18(23)2)30-31-27(32)35-17-25(33)29-24-14-13-22(15-19(24)3)34-21-11-9-20(16-28)10-12-21/h5-15H,4,17H2,1-3H3,(H,29,33). The van der Waals surface area contributed by atoms with Crippen LogP contribution < -0.4 is 10.1 Å². The van der Waals surface area contributed by atoms with Crippen molar-refractivity contribution in [2.75, 3.05) is 11.1 Å². The second kappa shape index (κ2) is 10.9. The van der Waals surface area contributed by atoms with Crippen molar-refractivity contribution in [2.45, 2.75) is 32.5 Å². The molecule has 0 aliphatic heterocycles. The highest BCUT2D eigenvalue weighted by atomic mass is 32.2. The van der Waals surface area contributed by atoms with Crippen LogP contribution in [0.15, 0.2) is 71.9 Å². The number of nitrogens with one attached hydrogen (secondary N) is 1. The molecule has 0 spiro atoms. The number of nitriles is 1. The number of anilines is 1. The van der Waals surface area contributed by atoms with Crippen molar-refractivity contribution in [3.8, 4) is 29.0 Å². The lowest BCUT2D eigenvalue weighted by Gasteiger charge is -2.12. The first-order chi connectivity index (χ1) is 17.0. The maximum atomic E-state index is 12.7. The normalized spacial score (nSPS) is 10.6. The molecule has 0 aliphatic rings. The Morgan fingerprint density at radius 3 is 2.46 bits per heavy atom. The second-order valence-corrected chi connectivity index (χ2v) is 8.86. The highest BCUT2D eigenvalue weighted by Gasteiger charge is 2.16. The van der Waals surface area contributed by atoms with Gasteiger partial charge < -0.3 is 14.6 Å². The summed E-state index contributed by atoms with van der Waals surface area (Å²) in [5.41, 5.74) is 4.35. The molecule has 1 aromatic heterocycles. The molecule has 4 rings (SSSR count). The monoisotopic (exact) mass is 483 g/mol. The summed E-state index contributed by atoms with van der Waals surface area (Å²) in [4.78, 5) is 12.7. The fourth-order valence-electron chi connectivity index (χ4n) is 3.59. The Morgan fingerprint density at radius 1 is 1.03 bits per heavy atom. The first-order valence-electron chi connectivity index (χ1n) is 11.2. The van der Waals surface area contributed by atoms with Gasteiger partial charge in [0.15, 0.2) is 11.0 Å². The molecule has 3 aromatic carbocycles. The van der Waals surface area contributed by atoms with Crippen molar-refractivity contribution in [3.05, 3.63) is 83.4 Å². The highest BCUT2D eigenvalue weighted by molar-refractivity contribution is 7.99. The Kier molecular flexibility index (Phi) is 7.48. The summed E-state index contributed by atoms with van der Waals surface area (Å²) in [5, 5.41) is 21.3. The van der Waals surface area contributed by atoms with Gasteiger partial charge >= 0.3 is 0 Å². The van der Waals surface area contributed by atoms with Gasteiger partial charge in [-0.2, -0.15) is 5.26 Å². The Morgan fingerprint density at radius 2 is 1.77 bits per heavy atom. The quantitative estimate of drug-likeness (QED) is 0.310. The first-order valence-corrected chi connectivity index (χ1v) is 12.2. The molecule has 7 nitrogen and oxygen atoms in total. The van der Waals surface area contributed by atoms with Crippen LogP contribution >= 0.6 is 11.8 Å². The molecule has 0 aliphatic carbocycles. The Bertz CT molecular complexity index is 1390. The van der Waals surface area contributed by atoms with E-state index in [0.29, 0.717) is 28.8 Å². The van der Waals surface area contributed by atoms with E-state index in [1.54, 1.807) is 30.3 Å². The van der Waals surface area contributed by atoms with Crippen LogP contribution in [-0.4, -0.2) is 26.4 Å². The van der Waals surface area contributed by atoms with Crippen molar-refractivity contribution in [1.82, 2.24) is 14.8 Å². The molecule has 176 valence electrons. The van der Waals surface area contributed by atoms with Crippen LogP contribution in [0, 0.1) is 25.2 Å². The summed E-state index contributed by atoms with van der Waals surface area (Å²) in [6.45, 7) is 6.71. The molecule has 0 radical (unpaired) electrons. The van der Waals surface area contributed by atoms with Crippen molar-refractivity contribution in [1.29, 1.82) is 5.26 Å². The maximum Gasteiger partial charge on any atom is 0.234 e. The Labute approximate surface area is 208 Å². The number of rotatable bonds is 8. The number of amides is 1. The van der Waals surface area contributed by atoms with Crippen molar-refractivity contribution in [2.24, 2.45) is 0 Å². The van der Waals surface area contributed by atoms with Crippen molar-refractivity contribution in [3.63, 3.8) is 0 Å². The van der Waals surface area contributed by atoms with E-state index in [2.05, 4.69) is 21.6 Å². The molecule has 35 heavy (non-hydrogen) atoms. The van der Waals surface area contributed by atoms with Gasteiger partial charge in [-0.05, 0) is 74.4 Å². The third-order valence-electron chi connectivity index (χ3n) is 5.44. The average molecular weight is 484 g/mol. The Balaban J connectivity index is 1.38. The molecule has 0 fully saturated rings. The molecule has 0 saturated heterocycles. The number of aryl methyl sites for hydroxylation is 2. The fourth-order valence-corrected chi connectivity index (χ4v) is 4.40. The van der Waals surface area contributed by atoms with Crippen LogP contribution in [0.2, 0.25) is 0 Å². The molecule has 1 N–H and O–H groups in total. The number of nitrogens with zero attached hydrogens (tertiary/aromatic N) is 4. The van der Waals surface area contributed by atoms with E-state index in [0.717, 1.165) is 28.2 Å². The summed E-state index contributed by atoms with van der Waals surface area (Å²) in [5.74, 6) is 2.19. The molecule has 8 heteroatoms. The Hall–Kier alpha value is -4.09. The zero-order valence-electron chi connectivity index (χ0n) is 19.8. The molecule has 0 bridgehead atoms. The number of aromatic nitrogens is 3. The van der Waals surface area contributed by atoms with Crippen LogP contribution in [0.25, 0.3) is 11.4 Å². The maximum absolute atomic E-state index is 12.7. The van der Waals surface area contributed by atoms with Crippen LogP contribution in [-0.2, 0) is 11.3 Å². The predicted octanol–water partition coefficient (Wildman–Crippen LogP) is 5.98. The summed E-state index contributed by atoms with van der Waals surface area (Å²) in [6.07, 6.45) is 0. The highest BCUT2D eigenvalue weighted by Crippen LogP contribution is 2.28. The van der Waals surface area contributed by atoms with Gasteiger partial charge in [0.1, 0.15) is 11.5 Å². The zero-order valence-corrected chi connectivity index (χ0v) is 20.6. The van der Waals surface area contributed by atoms with Gasteiger partial charge in [0.05, 0.1) is 17.4 Å². The number of benzene rings is 3. The predicted molar refractivity (Wildman–Crippen MR) is 138 cm³/mol. The van der Waals surface area contributed by atoms with Gasteiger partial charge in [-0.25, -0.2) is 0 Å². The lowest BCUT2D eigenvalue weighted by Crippen LogP contribution is -2.15. The van der Waals surface area contributed by atoms with Gasteiger partial charge in [-0.3, -0.25) is 4.79 Å². The van der Waals surface area contributed by atoms with Crippen LogP contribution in [0.3, 0.4) is 0 Å². The fraction of sp³-hybridized carbons (Fsp3) is 0.185. The number of ether oxygens (including phenoxy) is 1. The third-order valence-corrected chi connectivity index (χ3v) is 6.41. The zero-order chi connectivity index (χ0) is 24.8. The van der Waals surface area contributed by atoms with E-state index in [9.17, 15) is 4.79 Å². The van der Waals surface area contributed by atoms with E-state index >= 15 is 0 Å². The van der Waals surface area contributed by atoms with Crippen LogP contribution in [0.5, 0.6) is 11.5 Å². The minimum absolute atomic E-state index is 0.123. The lowest BCUT2D eigenvalue weighted by molar-refractivity contribution is -0.113. The van der Waals surface area contributed by atoms with Gasteiger partial charge in [0.25, 0.3) is 0 Å². The summed E-state index contributed by atoms with van der Waals surface area (Å²) >= 11 is 1.36. The first kappa shape index (κ1) is 24.0. The lowest BCUT2D eigenvalue weighted by atomic mass is 10.1. The molecular weight excluding hydrogens is 458 g/mol. The average Bonchev–Trinajstić information content (AvgIpc) is 3.28. The number of thioether (sulfide) groups is 1. The van der Waals surface area contributed by atoms with Crippen molar-refractivity contribution >= 4 is 23.4 Å². The molecule has 0 atom stereocenters. The minimum Gasteiger partial charge on any atom is -0.457 e. The second-order valence-electron chi connectivity index (χ2n) is 7.92. The summed E-state index contributed by atoms with van der Waals surface area (Å²) in [7, 11) is 0. The summed E-state index contributed by atoms with van der Waals surface area (Å²) < 4.78 is 7.88. The van der Waals surface area contributed by atoms with E-state index in [1.165, 1.54) is 11.8 Å². The summed E-state index contributed by atoms with van der Waals surface area (Å²) in [6, 6.07) is 22.6. The number of carbonyl (C=O) groups excluding carboxylic acids is 1. The van der Waals surface area contributed by atoms with E-state index in [-0.39, 0.29) is 11.7 Å². The molecule has 1 heterocycles.